The third kappa shape index (κ3) is 3.83. The molecule has 0 spiro atoms. The number of amides is 1. The first-order valence-corrected chi connectivity index (χ1v) is 8.28. The lowest BCUT2D eigenvalue weighted by atomic mass is 9.89. The molecule has 1 aliphatic rings. The van der Waals surface area contributed by atoms with E-state index in [9.17, 15) is 14.7 Å². The molecule has 0 aliphatic carbocycles. The van der Waals surface area contributed by atoms with Crippen LogP contribution in [0.3, 0.4) is 0 Å². The van der Waals surface area contributed by atoms with Gasteiger partial charge in [0, 0.05) is 38.0 Å². The zero-order valence-electron chi connectivity index (χ0n) is 14.4. The van der Waals surface area contributed by atoms with Crippen molar-refractivity contribution in [2.75, 3.05) is 26.9 Å². The Bertz CT molecular complexity index is 808. The Morgan fingerprint density at radius 3 is 2.85 bits per heavy atom. The van der Waals surface area contributed by atoms with E-state index in [1.165, 1.54) is 6.20 Å². The smallest absolute Gasteiger partial charge is 0.312 e. The number of carboxylic acids is 1. The fourth-order valence-electron chi connectivity index (χ4n) is 3.01. The van der Waals surface area contributed by atoms with Crippen molar-refractivity contribution in [3.8, 4) is 5.88 Å². The van der Waals surface area contributed by atoms with Crippen LogP contribution in [0.4, 0.5) is 0 Å². The summed E-state index contributed by atoms with van der Waals surface area (Å²) in [6.45, 7) is 1.26. The highest BCUT2D eigenvalue weighted by Crippen LogP contribution is 2.29. The maximum absolute atomic E-state index is 12.9. The van der Waals surface area contributed by atoms with Gasteiger partial charge in [0.15, 0.2) is 0 Å². The molecular weight excluding hydrogens is 336 g/mol. The Hall–Kier alpha value is -2.93. The number of carbonyl (C=O) groups is 2. The first-order chi connectivity index (χ1) is 12.6. The molecule has 2 aromatic rings. The maximum atomic E-state index is 12.9. The molecule has 136 valence electrons. The van der Waals surface area contributed by atoms with Gasteiger partial charge in [-0.2, -0.15) is 0 Å². The monoisotopic (exact) mass is 356 g/mol. The predicted octanol–water partition coefficient (Wildman–Crippen LogP) is 1.93. The third-order valence-electron chi connectivity index (χ3n) is 4.30. The Morgan fingerprint density at radius 2 is 2.08 bits per heavy atom. The molecule has 1 unspecified atom stereocenters. The van der Waals surface area contributed by atoms with Crippen LogP contribution >= 0.6 is 0 Å². The molecule has 1 atom stereocenters. The number of benzene rings is 1. The second-order valence-corrected chi connectivity index (χ2v) is 6.00. The number of fused-ring (bicyclic) bond motifs is 1. The molecular formula is C19H20N2O5. The van der Waals surface area contributed by atoms with E-state index in [1.807, 2.05) is 24.3 Å². The van der Waals surface area contributed by atoms with Crippen LogP contribution in [-0.2, 0) is 16.1 Å². The van der Waals surface area contributed by atoms with Crippen molar-refractivity contribution in [3.05, 3.63) is 59.3 Å². The van der Waals surface area contributed by atoms with Gasteiger partial charge in [0.05, 0.1) is 12.5 Å². The number of carbonyl (C=O) groups excluding carboxylic acids is 1. The predicted molar refractivity (Wildman–Crippen MR) is 93.2 cm³/mol. The molecule has 0 saturated carbocycles. The molecule has 1 amide bonds. The summed E-state index contributed by atoms with van der Waals surface area (Å²) in [5.41, 5.74) is 2.03. The van der Waals surface area contributed by atoms with Gasteiger partial charge in [-0.15, -0.1) is 0 Å². The SMILES string of the molecule is COCCOc1cc(C(=O)N2Cc3ccccc3C(C(=O)O)C2)ccn1. The Balaban J connectivity index is 1.80. The molecule has 2 heterocycles. The summed E-state index contributed by atoms with van der Waals surface area (Å²) >= 11 is 0. The second-order valence-electron chi connectivity index (χ2n) is 6.00. The van der Waals surface area contributed by atoms with E-state index < -0.39 is 11.9 Å². The minimum Gasteiger partial charge on any atom is -0.481 e. The van der Waals surface area contributed by atoms with Gasteiger partial charge in [-0.25, -0.2) is 4.98 Å². The third-order valence-corrected chi connectivity index (χ3v) is 4.30. The van der Waals surface area contributed by atoms with Crippen molar-refractivity contribution in [3.63, 3.8) is 0 Å². The van der Waals surface area contributed by atoms with Gasteiger partial charge in [0.2, 0.25) is 5.88 Å². The maximum Gasteiger partial charge on any atom is 0.312 e. The standard InChI is InChI=1S/C19H20N2O5/c1-25-8-9-26-17-10-13(6-7-20-17)18(22)21-11-14-4-2-3-5-15(14)16(12-21)19(23)24/h2-7,10,16H,8-9,11-12H2,1H3,(H,23,24). The normalized spacial score (nSPS) is 16.0. The molecule has 1 N–H and O–H groups in total. The lowest BCUT2D eigenvalue weighted by molar-refractivity contribution is -0.139. The summed E-state index contributed by atoms with van der Waals surface area (Å²) in [7, 11) is 1.57. The first-order valence-electron chi connectivity index (χ1n) is 8.28. The average molecular weight is 356 g/mol. The largest absolute Gasteiger partial charge is 0.481 e. The summed E-state index contributed by atoms with van der Waals surface area (Å²) < 4.78 is 10.4. The molecule has 0 saturated heterocycles. The van der Waals surface area contributed by atoms with Crippen LogP contribution in [0.5, 0.6) is 5.88 Å². The fraction of sp³-hybridized carbons (Fsp3) is 0.316. The van der Waals surface area contributed by atoms with Crippen LogP contribution in [0, 0.1) is 0 Å². The van der Waals surface area contributed by atoms with Crippen LogP contribution in [-0.4, -0.2) is 53.7 Å². The van der Waals surface area contributed by atoms with Gasteiger partial charge in [0.1, 0.15) is 6.61 Å². The minimum absolute atomic E-state index is 0.132. The van der Waals surface area contributed by atoms with Crippen LogP contribution < -0.4 is 4.74 Å². The van der Waals surface area contributed by atoms with E-state index >= 15 is 0 Å². The number of nitrogens with zero attached hydrogens (tertiary/aromatic N) is 2. The highest BCUT2D eigenvalue weighted by Gasteiger charge is 2.32. The summed E-state index contributed by atoms with van der Waals surface area (Å²) in [6.07, 6.45) is 1.50. The number of carboxylic acid groups (broad SMARTS) is 1. The fourth-order valence-corrected chi connectivity index (χ4v) is 3.01. The number of hydrogen-bond acceptors (Lipinski definition) is 5. The van der Waals surface area contributed by atoms with Gasteiger partial charge < -0.3 is 19.5 Å². The van der Waals surface area contributed by atoms with Crippen LogP contribution in [0.2, 0.25) is 0 Å². The highest BCUT2D eigenvalue weighted by molar-refractivity contribution is 5.95. The Morgan fingerprint density at radius 1 is 1.27 bits per heavy atom. The summed E-state index contributed by atoms with van der Waals surface area (Å²) in [5, 5.41) is 9.54. The lowest BCUT2D eigenvalue weighted by Crippen LogP contribution is -2.40. The van der Waals surface area contributed by atoms with Crippen LogP contribution in [0.1, 0.15) is 27.4 Å². The molecule has 0 radical (unpaired) electrons. The van der Waals surface area contributed by atoms with Gasteiger partial charge in [-0.05, 0) is 17.2 Å². The molecule has 7 heteroatoms. The molecule has 1 aromatic carbocycles. The molecule has 1 aromatic heterocycles. The number of rotatable bonds is 6. The number of methoxy groups -OCH3 is 1. The van der Waals surface area contributed by atoms with Gasteiger partial charge >= 0.3 is 5.97 Å². The van der Waals surface area contributed by atoms with Gasteiger partial charge in [0.25, 0.3) is 5.91 Å². The topological polar surface area (TPSA) is 89.0 Å². The van der Waals surface area contributed by atoms with Crippen molar-refractivity contribution in [1.82, 2.24) is 9.88 Å². The zero-order chi connectivity index (χ0) is 18.5. The highest BCUT2D eigenvalue weighted by atomic mass is 16.5. The first kappa shape index (κ1) is 17.9. The second kappa shape index (κ2) is 7.97. The number of hydrogen-bond donors (Lipinski definition) is 1. The van der Waals surface area contributed by atoms with E-state index in [2.05, 4.69) is 4.98 Å². The summed E-state index contributed by atoms with van der Waals surface area (Å²) in [6, 6.07) is 10.5. The quantitative estimate of drug-likeness (QED) is 0.796. The van der Waals surface area contributed by atoms with Gasteiger partial charge in [-0.1, -0.05) is 24.3 Å². The lowest BCUT2D eigenvalue weighted by Gasteiger charge is -2.32. The van der Waals surface area contributed by atoms with E-state index in [-0.39, 0.29) is 12.5 Å². The van der Waals surface area contributed by atoms with E-state index in [4.69, 9.17) is 9.47 Å². The van der Waals surface area contributed by atoms with Crippen molar-refractivity contribution in [1.29, 1.82) is 0 Å². The van der Waals surface area contributed by atoms with Gasteiger partial charge in [-0.3, -0.25) is 9.59 Å². The molecule has 3 rings (SSSR count). The minimum atomic E-state index is -0.937. The van der Waals surface area contributed by atoms with E-state index in [0.717, 1.165) is 11.1 Å². The van der Waals surface area contributed by atoms with Crippen molar-refractivity contribution < 1.29 is 24.2 Å². The summed E-state index contributed by atoms with van der Waals surface area (Å²) in [5.74, 6) is -1.58. The van der Waals surface area contributed by atoms with E-state index in [0.29, 0.717) is 31.2 Å². The molecule has 0 fully saturated rings. The number of aromatic nitrogens is 1. The molecule has 0 bridgehead atoms. The van der Waals surface area contributed by atoms with Crippen molar-refractivity contribution in [2.45, 2.75) is 12.5 Å². The van der Waals surface area contributed by atoms with Crippen molar-refractivity contribution in [2.24, 2.45) is 0 Å². The van der Waals surface area contributed by atoms with Crippen LogP contribution in [0.15, 0.2) is 42.6 Å². The number of pyridine rings is 1. The number of ether oxygens (including phenoxy) is 2. The van der Waals surface area contributed by atoms with Crippen LogP contribution in [0.25, 0.3) is 0 Å². The number of aliphatic carboxylic acids is 1. The molecule has 26 heavy (non-hydrogen) atoms. The molecule has 7 nitrogen and oxygen atoms in total. The average Bonchev–Trinajstić information content (AvgIpc) is 2.67. The summed E-state index contributed by atoms with van der Waals surface area (Å²) in [4.78, 5) is 30.2. The Labute approximate surface area is 151 Å². The van der Waals surface area contributed by atoms with Crippen molar-refractivity contribution >= 4 is 11.9 Å². The molecule has 1 aliphatic heterocycles. The van der Waals surface area contributed by atoms with E-state index in [1.54, 1.807) is 24.1 Å². The zero-order valence-corrected chi connectivity index (χ0v) is 14.4. The Kier molecular flexibility index (Phi) is 5.48.